The van der Waals surface area contributed by atoms with Gasteiger partial charge in [0.1, 0.15) is 0 Å². The van der Waals surface area contributed by atoms with Crippen molar-refractivity contribution in [3.63, 3.8) is 0 Å². The maximum Gasteiger partial charge on any atom is 1.00 e. The van der Waals surface area contributed by atoms with Crippen LogP contribution in [0.4, 0.5) is 0 Å². The van der Waals surface area contributed by atoms with Gasteiger partial charge in [-0.05, 0) is 11.6 Å². The number of aromatic amines is 1. The van der Waals surface area contributed by atoms with Gasteiger partial charge < -0.3 is 10.1 Å². The van der Waals surface area contributed by atoms with E-state index in [0.717, 1.165) is 0 Å². The standard InChI is InChI=1S/C3H2ClN3O2.Na/c4-1-5-2(8)7-3(9)6-1;/h(H2,5,6,7,8,9);/q;+1/p-1. The van der Waals surface area contributed by atoms with E-state index >= 15 is 0 Å². The largest absolute Gasteiger partial charge is 1.00 e. The van der Waals surface area contributed by atoms with Crippen molar-refractivity contribution in [2.24, 2.45) is 0 Å². The molecule has 0 atom stereocenters. The van der Waals surface area contributed by atoms with Crippen LogP contribution in [0.2, 0.25) is 5.28 Å². The topological polar surface area (TPSA) is 81.7 Å². The average Bonchev–Trinajstić information content (AvgIpc) is 1.59. The molecule has 1 aromatic rings. The first-order chi connectivity index (χ1) is 4.18. The number of aromatic nitrogens is 3. The van der Waals surface area contributed by atoms with Crippen LogP contribution in [0.3, 0.4) is 0 Å². The fraction of sp³-hybridized carbons (Fsp3) is 0. The summed E-state index contributed by atoms with van der Waals surface area (Å²) in [5, 5.41) is 9.89. The summed E-state index contributed by atoms with van der Waals surface area (Å²) in [5.41, 5.74) is -0.778. The van der Waals surface area contributed by atoms with E-state index in [9.17, 15) is 9.90 Å². The van der Waals surface area contributed by atoms with Crippen LogP contribution in [0, 0.1) is 0 Å². The van der Waals surface area contributed by atoms with Crippen LogP contribution >= 0.6 is 11.6 Å². The van der Waals surface area contributed by atoms with Gasteiger partial charge >= 0.3 is 35.2 Å². The van der Waals surface area contributed by atoms with Gasteiger partial charge in [-0.15, -0.1) is 0 Å². The normalized spacial score (nSPS) is 8.50. The molecule has 5 nitrogen and oxygen atoms in total. The molecule has 0 aliphatic carbocycles. The van der Waals surface area contributed by atoms with E-state index in [1.54, 1.807) is 4.98 Å². The molecule has 0 saturated carbocycles. The van der Waals surface area contributed by atoms with Gasteiger partial charge in [0.2, 0.25) is 5.28 Å². The minimum Gasteiger partial charge on any atom is -0.846 e. The minimum atomic E-state index is -0.778. The Bertz CT molecular complexity index is 251. The number of H-pyrrole nitrogens is 1. The molecule has 0 saturated heterocycles. The molecule has 0 aromatic carbocycles. The number of halogens is 1. The first-order valence-corrected chi connectivity index (χ1v) is 2.37. The smallest absolute Gasteiger partial charge is 0.846 e. The predicted molar refractivity (Wildman–Crippen MR) is 27.1 cm³/mol. The number of rotatable bonds is 0. The van der Waals surface area contributed by atoms with Gasteiger partial charge in [-0.2, -0.15) is 4.98 Å². The van der Waals surface area contributed by atoms with Gasteiger partial charge in [0.05, 0.1) is 6.01 Å². The van der Waals surface area contributed by atoms with Crippen molar-refractivity contribution in [2.45, 2.75) is 0 Å². The summed E-state index contributed by atoms with van der Waals surface area (Å²) in [6.45, 7) is 0. The van der Waals surface area contributed by atoms with Gasteiger partial charge in [-0.3, -0.25) is 0 Å². The zero-order valence-electron chi connectivity index (χ0n) is 5.09. The second-order valence-corrected chi connectivity index (χ2v) is 1.57. The maximum absolute atomic E-state index is 10.2. The molecule has 1 N–H and O–H groups in total. The molecular weight excluding hydrogens is 168 g/mol. The molecule has 0 fully saturated rings. The number of hydrogen-bond acceptors (Lipinski definition) is 4. The van der Waals surface area contributed by atoms with Crippen molar-refractivity contribution in [3.05, 3.63) is 15.8 Å². The molecule has 1 heterocycles. The Kier molecular flexibility index (Phi) is 3.88. The van der Waals surface area contributed by atoms with Crippen LogP contribution in [0.25, 0.3) is 0 Å². The van der Waals surface area contributed by atoms with Crippen molar-refractivity contribution in [1.29, 1.82) is 0 Å². The van der Waals surface area contributed by atoms with Crippen molar-refractivity contribution in [2.75, 3.05) is 0 Å². The van der Waals surface area contributed by atoms with Crippen molar-refractivity contribution in [1.82, 2.24) is 15.0 Å². The van der Waals surface area contributed by atoms with Gasteiger partial charge in [0.15, 0.2) is 0 Å². The monoisotopic (exact) mass is 169 g/mol. The first-order valence-electron chi connectivity index (χ1n) is 1.99. The molecule has 0 aliphatic rings. The van der Waals surface area contributed by atoms with Crippen LogP contribution in [-0.2, 0) is 0 Å². The molecule has 0 unspecified atom stereocenters. The van der Waals surface area contributed by atoms with E-state index in [-0.39, 0.29) is 34.8 Å². The summed E-state index contributed by atoms with van der Waals surface area (Å²) in [5.74, 6) is 0. The Hall–Kier alpha value is -0.100. The van der Waals surface area contributed by atoms with Crippen LogP contribution < -0.4 is 40.4 Å². The Morgan fingerprint density at radius 2 is 2.10 bits per heavy atom. The van der Waals surface area contributed by atoms with Crippen LogP contribution in [-0.4, -0.2) is 15.0 Å². The van der Waals surface area contributed by atoms with Crippen LogP contribution in [0.1, 0.15) is 0 Å². The molecule has 0 amide bonds. The molecular formula is C3HClN3NaO2. The fourth-order valence-electron chi connectivity index (χ4n) is 0.340. The summed E-state index contributed by atoms with van der Waals surface area (Å²) >= 11 is 5.11. The molecule has 10 heavy (non-hydrogen) atoms. The Balaban J connectivity index is 0.000000810. The van der Waals surface area contributed by atoms with Crippen molar-refractivity contribution in [3.8, 4) is 6.01 Å². The van der Waals surface area contributed by atoms with Crippen LogP contribution in [0.15, 0.2) is 4.79 Å². The van der Waals surface area contributed by atoms with Gasteiger partial charge in [-0.1, -0.05) is 0 Å². The number of nitrogens with one attached hydrogen (secondary N) is 1. The molecule has 1 rings (SSSR count). The molecule has 1 aromatic heterocycles. The minimum absolute atomic E-state index is 0. The van der Waals surface area contributed by atoms with Gasteiger partial charge in [-0.25, -0.2) is 9.78 Å². The molecule has 0 bridgehead atoms. The Labute approximate surface area is 82.8 Å². The number of hydrogen-bond donors (Lipinski definition) is 1. The molecule has 0 radical (unpaired) electrons. The zero-order valence-corrected chi connectivity index (χ0v) is 7.84. The summed E-state index contributed by atoms with van der Waals surface area (Å²) < 4.78 is 0. The third-order valence-corrected chi connectivity index (χ3v) is 0.771. The third-order valence-electron chi connectivity index (χ3n) is 0.601. The quantitative estimate of drug-likeness (QED) is 0.400. The second-order valence-electron chi connectivity index (χ2n) is 1.23. The molecule has 7 heteroatoms. The average molecular weight is 170 g/mol. The second kappa shape index (κ2) is 3.92. The molecule has 0 aliphatic heterocycles. The maximum atomic E-state index is 10.2. The Morgan fingerprint density at radius 3 is 2.50 bits per heavy atom. The third kappa shape index (κ3) is 2.66. The van der Waals surface area contributed by atoms with Crippen molar-refractivity contribution < 1.29 is 34.7 Å². The first kappa shape index (κ1) is 9.90. The number of nitrogens with zero attached hydrogens (tertiary/aromatic N) is 2. The molecule has 0 spiro atoms. The van der Waals surface area contributed by atoms with E-state index in [1.807, 2.05) is 0 Å². The summed E-state index contributed by atoms with van der Waals surface area (Å²) in [6, 6.07) is -0.778. The van der Waals surface area contributed by atoms with E-state index in [1.165, 1.54) is 0 Å². The fourth-order valence-corrected chi connectivity index (χ4v) is 0.493. The van der Waals surface area contributed by atoms with Gasteiger partial charge in [0.25, 0.3) is 0 Å². The van der Waals surface area contributed by atoms with Gasteiger partial charge in [0, 0.05) is 0 Å². The summed E-state index contributed by atoms with van der Waals surface area (Å²) in [4.78, 5) is 18.2. The zero-order chi connectivity index (χ0) is 6.85. The van der Waals surface area contributed by atoms with Crippen molar-refractivity contribution >= 4 is 11.6 Å². The predicted octanol–water partition coefficient (Wildman–Crippen LogP) is -4.10. The summed E-state index contributed by atoms with van der Waals surface area (Å²) in [7, 11) is 0. The van der Waals surface area contributed by atoms with E-state index in [2.05, 4.69) is 9.97 Å². The SMILES string of the molecule is O=c1nc(Cl)nc([O-])[nH]1.[Na+]. The van der Waals surface area contributed by atoms with E-state index < -0.39 is 11.7 Å². The molecule has 48 valence electrons. The van der Waals surface area contributed by atoms with Crippen LogP contribution in [0.5, 0.6) is 6.01 Å². The van der Waals surface area contributed by atoms with E-state index in [4.69, 9.17) is 11.6 Å². The van der Waals surface area contributed by atoms with E-state index in [0.29, 0.717) is 0 Å². The summed E-state index contributed by atoms with van der Waals surface area (Å²) in [6.07, 6.45) is 0. The Morgan fingerprint density at radius 1 is 1.50 bits per heavy atom.